The molecule has 0 nitrogen and oxygen atoms in total. The average molecular weight is 411 g/mol. The largest absolute Gasteiger partial charge is 0.0996 e. The van der Waals surface area contributed by atoms with Gasteiger partial charge in [0, 0.05) is 0 Å². The molecule has 0 heterocycles. The minimum Gasteiger partial charge on any atom is -0.0996 e. The maximum absolute atomic E-state index is 4.59. The summed E-state index contributed by atoms with van der Waals surface area (Å²) in [4.78, 5) is 0. The van der Waals surface area contributed by atoms with Gasteiger partial charge in [-0.1, -0.05) is 60.1 Å². The molecular weight excluding hydrogens is 360 g/mol. The molecule has 9 atom stereocenters. The van der Waals surface area contributed by atoms with Crippen molar-refractivity contribution in [3.05, 3.63) is 12.2 Å². The van der Waals surface area contributed by atoms with E-state index in [-0.39, 0.29) is 0 Å². The van der Waals surface area contributed by atoms with E-state index in [1.54, 1.807) is 5.57 Å². The van der Waals surface area contributed by atoms with E-state index in [2.05, 4.69) is 48.1 Å². The molecule has 5 saturated carbocycles. The molecular formula is C30H50. The van der Waals surface area contributed by atoms with Crippen LogP contribution in [-0.4, -0.2) is 0 Å². The van der Waals surface area contributed by atoms with Crippen molar-refractivity contribution in [3.8, 4) is 0 Å². The summed E-state index contributed by atoms with van der Waals surface area (Å²) >= 11 is 0. The summed E-state index contributed by atoms with van der Waals surface area (Å²) < 4.78 is 0. The molecule has 30 heavy (non-hydrogen) atoms. The van der Waals surface area contributed by atoms with E-state index in [1.807, 2.05) is 0 Å². The fraction of sp³-hybridized carbons (Fsp3) is 0.933. The lowest BCUT2D eigenvalue weighted by atomic mass is 9.33. The third kappa shape index (κ3) is 2.64. The van der Waals surface area contributed by atoms with Gasteiger partial charge in [0.05, 0.1) is 0 Å². The van der Waals surface area contributed by atoms with Crippen LogP contribution in [0.3, 0.4) is 0 Å². The van der Waals surface area contributed by atoms with Crippen LogP contribution in [0.2, 0.25) is 0 Å². The molecule has 5 aliphatic rings. The van der Waals surface area contributed by atoms with Crippen LogP contribution in [0.15, 0.2) is 12.2 Å². The number of hydrogen-bond donors (Lipinski definition) is 0. The fourth-order valence-electron chi connectivity index (χ4n) is 11.4. The van der Waals surface area contributed by atoms with Crippen molar-refractivity contribution >= 4 is 0 Å². The zero-order valence-electron chi connectivity index (χ0n) is 21.2. The minimum atomic E-state index is 0.555. The van der Waals surface area contributed by atoms with Crippen molar-refractivity contribution in [2.45, 2.75) is 119 Å². The Morgan fingerprint density at radius 3 is 2.23 bits per heavy atom. The lowest BCUT2D eigenvalue weighted by Crippen LogP contribution is -2.64. The van der Waals surface area contributed by atoms with Crippen LogP contribution in [-0.2, 0) is 0 Å². The summed E-state index contributed by atoms with van der Waals surface area (Å²) in [5.74, 6) is 5.68. The Balaban J connectivity index is 1.52. The second-order valence-electron chi connectivity index (χ2n) is 14.1. The summed E-state index contributed by atoms with van der Waals surface area (Å²) in [7, 11) is 0. The van der Waals surface area contributed by atoms with E-state index in [0.29, 0.717) is 21.7 Å². The van der Waals surface area contributed by atoms with Crippen molar-refractivity contribution in [1.82, 2.24) is 0 Å². The molecule has 5 rings (SSSR count). The first kappa shape index (κ1) is 21.6. The van der Waals surface area contributed by atoms with Crippen molar-refractivity contribution in [1.29, 1.82) is 0 Å². The van der Waals surface area contributed by atoms with E-state index in [0.717, 1.165) is 35.5 Å². The summed E-state index contributed by atoms with van der Waals surface area (Å²) in [6.07, 6.45) is 17.6. The van der Waals surface area contributed by atoms with E-state index >= 15 is 0 Å². The van der Waals surface area contributed by atoms with Gasteiger partial charge in [0.25, 0.3) is 0 Å². The van der Waals surface area contributed by atoms with Crippen molar-refractivity contribution in [2.75, 3.05) is 0 Å². The highest BCUT2D eigenvalue weighted by molar-refractivity contribution is 5.19. The lowest BCUT2D eigenvalue weighted by molar-refractivity contribution is -0.228. The molecule has 0 saturated heterocycles. The monoisotopic (exact) mass is 410 g/mol. The standard InChI is InChI=1S/C30H50/c1-8-20(2)22-11-10-21-14-18-29(6)23(26(21)22)12-13-25-28(5)17-9-16-27(3,4)24(28)15-19-30(25,29)7/h21-26H,2,8-19H2,1,3-7H3/t21?,22?,23?,24?,25?,26?,28-,29+,30+/m0/s1. The number of hydrogen-bond acceptors (Lipinski definition) is 0. The highest BCUT2D eigenvalue weighted by Crippen LogP contribution is 2.76. The van der Waals surface area contributed by atoms with Crippen LogP contribution < -0.4 is 0 Å². The highest BCUT2D eigenvalue weighted by atomic mass is 14.7. The topological polar surface area (TPSA) is 0 Å². The molecule has 6 unspecified atom stereocenters. The van der Waals surface area contributed by atoms with Gasteiger partial charge in [0.2, 0.25) is 0 Å². The summed E-state index contributed by atoms with van der Waals surface area (Å²) in [5.41, 5.74) is 3.84. The summed E-state index contributed by atoms with van der Waals surface area (Å²) in [6.45, 7) is 20.5. The van der Waals surface area contributed by atoms with Crippen molar-refractivity contribution < 1.29 is 0 Å². The quantitative estimate of drug-likeness (QED) is 0.398. The Bertz CT molecular complexity index is 701. The summed E-state index contributed by atoms with van der Waals surface area (Å²) in [5, 5.41) is 0. The molecule has 0 aromatic heterocycles. The zero-order chi connectivity index (χ0) is 21.5. The first-order chi connectivity index (χ1) is 14.1. The van der Waals surface area contributed by atoms with Gasteiger partial charge in [-0.2, -0.15) is 0 Å². The van der Waals surface area contributed by atoms with Crippen molar-refractivity contribution in [3.63, 3.8) is 0 Å². The molecule has 0 N–H and O–H groups in total. The Morgan fingerprint density at radius 1 is 0.767 bits per heavy atom. The van der Waals surface area contributed by atoms with Crippen molar-refractivity contribution in [2.24, 2.45) is 57.2 Å². The van der Waals surface area contributed by atoms with Gasteiger partial charge in [-0.05, 0) is 128 Å². The van der Waals surface area contributed by atoms with Gasteiger partial charge < -0.3 is 0 Å². The Kier molecular flexibility index (Phi) is 4.94. The van der Waals surface area contributed by atoms with Gasteiger partial charge in [-0.3, -0.25) is 0 Å². The van der Waals surface area contributed by atoms with Gasteiger partial charge in [0.1, 0.15) is 0 Å². The Labute approximate surface area is 188 Å². The van der Waals surface area contributed by atoms with Gasteiger partial charge in [-0.25, -0.2) is 0 Å². The van der Waals surface area contributed by atoms with Gasteiger partial charge in [0.15, 0.2) is 0 Å². The number of allylic oxidation sites excluding steroid dienone is 1. The first-order valence-corrected chi connectivity index (χ1v) is 13.8. The first-order valence-electron chi connectivity index (χ1n) is 13.8. The molecule has 5 fully saturated rings. The highest BCUT2D eigenvalue weighted by Gasteiger charge is 2.68. The third-order valence-electron chi connectivity index (χ3n) is 13.0. The van der Waals surface area contributed by atoms with Gasteiger partial charge >= 0.3 is 0 Å². The molecule has 0 radical (unpaired) electrons. The van der Waals surface area contributed by atoms with Crippen LogP contribution >= 0.6 is 0 Å². The van der Waals surface area contributed by atoms with Crippen LogP contribution in [0.5, 0.6) is 0 Å². The molecule has 0 spiro atoms. The molecule has 0 aromatic carbocycles. The number of rotatable bonds is 2. The fourth-order valence-corrected chi connectivity index (χ4v) is 11.4. The van der Waals surface area contributed by atoms with Gasteiger partial charge in [-0.15, -0.1) is 0 Å². The lowest BCUT2D eigenvalue weighted by Gasteiger charge is -2.72. The molecule has 0 aromatic rings. The van der Waals surface area contributed by atoms with E-state index < -0.39 is 0 Å². The Morgan fingerprint density at radius 2 is 1.50 bits per heavy atom. The van der Waals surface area contributed by atoms with Crippen LogP contribution in [0.1, 0.15) is 119 Å². The molecule has 0 amide bonds. The molecule has 0 aliphatic heterocycles. The second kappa shape index (κ2) is 6.87. The second-order valence-corrected chi connectivity index (χ2v) is 14.1. The van der Waals surface area contributed by atoms with E-state index in [1.165, 1.54) is 77.0 Å². The normalized spacial score (nSPS) is 54.5. The minimum absolute atomic E-state index is 0.555. The molecule has 170 valence electrons. The maximum Gasteiger partial charge on any atom is -0.0172 e. The van der Waals surface area contributed by atoms with Crippen LogP contribution in [0.25, 0.3) is 0 Å². The Hall–Kier alpha value is -0.260. The predicted molar refractivity (Wildman–Crippen MR) is 129 cm³/mol. The summed E-state index contributed by atoms with van der Waals surface area (Å²) in [6, 6.07) is 0. The zero-order valence-corrected chi connectivity index (χ0v) is 21.2. The van der Waals surface area contributed by atoms with Crippen LogP contribution in [0.4, 0.5) is 0 Å². The predicted octanol–water partition coefficient (Wildman–Crippen LogP) is 9.05. The third-order valence-corrected chi connectivity index (χ3v) is 13.0. The van der Waals surface area contributed by atoms with Crippen LogP contribution in [0, 0.1) is 57.2 Å². The average Bonchev–Trinajstić information content (AvgIpc) is 3.11. The van der Waals surface area contributed by atoms with E-state index in [9.17, 15) is 0 Å². The van der Waals surface area contributed by atoms with E-state index in [4.69, 9.17) is 0 Å². The number of fused-ring (bicyclic) bond motifs is 7. The smallest absolute Gasteiger partial charge is 0.0172 e. The maximum atomic E-state index is 4.59. The SMILES string of the molecule is C=C(CC)C1CCC2CC[C@]3(C)C(CCC4[C@@]5(C)CCCC(C)(C)C5CC[C@]43C)C21. The molecule has 5 aliphatic carbocycles. The molecule has 0 heteroatoms. The molecule has 0 bridgehead atoms.